The molecule has 6 nitrogen and oxygen atoms in total. The lowest BCUT2D eigenvalue weighted by Crippen LogP contribution is -2.50. The molecule has 1 N–H and O–H groups in total. The van der Waals surface area contributed by atoms with Crippen LogP contribution in [0.15, 0.2) is 16.5 Å². The smallest absolute Gasteiger partial charge is 0.373 e. The molecule has 3 rings (SSSR count). The van der Waals surface area contributed by atoms with E-state index in [1.807, 2.05) is 6.07 Å². The Hall–Kier alpha value is -1.37. The van der Waals surface area contributed by atoms with Crippen LogP contribution in [-0.4, -0.2) is 68.2 Å². The summed E-state index contributed by atoms with van der Waals surface area (Å²) >= 11 is 0. The van der Waals surface area contributed by atoms with Crippen LogP contribution in [0.3, 0.4) is 0 Å². The molecule has 0 aromatic carbocycles. The maximum atomic E-state index is 11.4. The van der Waals surface area contributed by atoms with Gasteiger partial charge in [-0.25, -0.2) is 4.79 Å². The molecule has 2 saturated heterocycles. The van der Waals surface area contributed by atoms with Crippen molar-refractivity contribution in [3.8, 4) is 0 Å². The van der Waals surface area contributed by atoms with Crippen molar-refractivity contribution in [1.82, 2.24) is 15.1 Å². The van der Waals surface area contributed by atoms with E-state index in [1.165, 1.54) is 13.5 Å². The number of piperazine rings is 1. The summed E-state index contributed by atoms with van der Waals surface area (Å²) in [5.41, 5.74) is 0. The summed E-state index contributed by atoms with van der Waals surface area (Å²) in [6.45, 7) is 7.34. The van der Waals surface area contributed by atoms with E-state index >= 15 is 0 Å². The molecular weight excluding hydrogens is 270 g/mol. The average molecular weight is 293 g/mol. The number of hydrogen-bond acceptors (Lipinski definition) is 6. The zero-order valence-electron chi connectivity index (χ0n) is 12.5. The van der Waals surface area contributed by atoms with Crippen LogP contribution in [0.2, 0.25) is 0 Å². The molecule has 1 aromatic heterocycles. The molecule has 21 heavy (non-hydrogen) atoms. The fourth-order valence-corrected chi connectivity index (χ4v) is 3.13. The molecule has 0 saturated carbocycles. The first-order valence-electron chi connectivity index (χ1n) is 7.60. The normalized spacial score (nSPS) is 24.3. The van der Waals surface area contributed by atoms with Crippen LogP contribution in [0, 0.1) is 0 Å². The Morgan fingerprint density at radius 2 is 2.19 bits per heavy atom. The Morgan fingerprint density at radius 1 is 1.38 bits per heavy atom. The predicted octanol–water partition coefficient (Wildman–Crippen LogP) is 0.546. The molecule has 0 bridgehead atoms. The first-order valence-corrected chi connectivity index (χ1v) is 7.60. The second kappa shape index (κ2) is 6.60. The number of nitrogens with one attached hydrogen (secondary N) is 1. The lowest BCUT2D eigenvalue weighted by molar-refractivity contribution is 0.0557. The van der Waals surface area contributed by atoms with Crippen LogP contribution >= 0.6 is 0 Å². The highest BCUT2D eigenvalue weighted by Crippen LogP contribution is 2.15. The van der Waals surface area contributed by atoms with Gasteiger partial charge in [0.05, 0.1) is 13.7 Å². The summed E-state index contributed by atoms with van der Waals surface area (Å²) in [6.07, 6.45) is 1.26. The fourth-order valence-electron chi connectivity index (χ4n) is 3.13. The fraction of sp³-hybridized carbons (Fsp3) is 0.667. The van der Waals surface area contributed by atoms with Gasteiger partial charge in [0.25, 0.3) is 0 Å². The minimum absolute atomic E-state index is 0.281. The van der Waals surface area contributed by atoms with Crippen molar-refractivity contribution in [2.24, 2.45) is 0 Å². The Kier molecular flexibility index (Phi) is 4.57. The molecule has 1 atom stereocenters. The van der Waals surface area contributed by atoms with Crippen LogP contribution in [-0.2, 0) is 11.3 Å². The topological polar surface area (TPSA) is 58.0 Å². The largest absolute Gasteiger partial charge is 0.463 e. The minimum atomic E-state index is -0.417. The van der Waals surface area contributed by atoms with Gasteiger partial charge in [-0.15, -0.1) is 0 Å². The molecule has 0 aliphatic carbocycles. The summed E-state index contributed by atoms with van der Waals surface area (Å²) in [4.78, 5) is 16.3. The molecule has 3 heterocycles. The van der Waals surface area contributed by atoms with Crippen molar-refractivity contribution in [3.05, 3.63) is 23.7 Å². The van der Waals surface area contributed by atoms with E-state index in [2.05, 4.69) is 19.9 Å². The second-order valence-electron chi connectivity index (χ2n) is 5.72. The van der Waals surface area contributed by atoms with Gasteiger partial charge in [0, 0.05) is 38.8 Å². The Labute approximate surface area is 125 Å². The number of ether oxygens (including phenoxy) is 1. The van der Waals surface area contributed by atoms with E-state index in [-0.39, 0.29) is 5.76 Å². The highest BCUT2D eigenvalue weighted by molar-refractivity contribution is 5.86. The number of hydrogen-bond donors (Lipinski definition) is 1. The lowest BCUT2D eigenvalue weighted by atomic mass is 10.2. The van der Waals surface area contributed by atoms with Crippen LogP contribution < -0.4 is 5.32 Å². The van der Waals surface area contributed by atoms with Crippen molar-refractivity contribution < 1.29 is 13.9 Å². The predicted molar refractivity (Wildman–Crippen MR) is 78.2 cm³/mol. The van der Waals surface area contributed by atoms with Gasteiger partial charge in [-0.3, -0.25) is 9.80 Å². The molecular formula is C15H23N3O3. The maximum Gasteiger partial charge on any atom is 0.373 e. The quantitative estimate of drug-likeness (QED) is 0.818. The van der Waals surface area contributed by atoms with Crippen molar-refractivity contribution in [2.75, 3.05) is 46.4 Å². The van der Waals surface area contributed by atoms with E-state index in [4.69, 9.17) is 4.42 Å². The van der Waals surface area contributed by atoms with Crippen molar-refractivity contribution in [3.63, 3.8) is 0 Å². The second-order valence-corrected chi connectivity index (χ2v) is 5.72. The monoisotopic (exact) mass is 293 g/mol. The first kappa shape index (κ1) is 14.6. The summed E-state index contributed by atoms with van der Waals surface area (Å²) < 4.78 is 10.2. The molecule has 1 aromatic rings. The molecule has 116 valence electrons. The van der Waals surface area contributed by atoms with Crippen molar-refractivity contribution >= 4 is 5.97 Å². The van der Waals surface area contributed by atoms with Gasteiger partial charge in [-0.2, -0.15) is 0 Å². The van der Waals surface area contributed by atoms with Gasteiger partial charge in [-0.05, 0) is 25.1 Å². The SMILES string of the molecule is COC(=O)c1ccc(CN2CCN(C3CCNC3)CC2)o1. The Morgan fingerprint density at radius 3 is 2.86 bits per heavy atom. The Balaban J connectivity index is 1.48. The minimum Gasteiger partial charge on any atom is -0.463 e. The number of esters is 1. The number of carbonyl (C=O) groups excluding carboxylic acids is 1. The third-order valence-electron chi connectivity index (χ3n) is 4.39. The third-order valence-corrected chi connectivity index (χ3v) is 4.39. The van der Waals surface area contributed by atoms with Crippen molar-refractivity contribution in [1.29, 1.82) is 0 Å². The number of furan rings is 1. The number of nitrogens with zero attached hydrogens (tertiary/aromatic N) is 2. The summed E-state index contributed by atoms with van der Waals surface area (Å²) in [5.74, 6) is 0.689. The zero-order chi connectivity index (χ0) is 14.7. The van der Waals surface area contributed by atoms with Gasteiger partial charge in [0.1, 0.15) is 5.76 Å². The van der Waals surface area contributed by atoms with Crippen LogP contribution in [0.5, 0.6) is 0 Å². The van der Waals surface area contributed by atoms with E-state index < -0.39 is 5.97 Å². The van der Waals surface area contributed by atoms with Gasteiger partial charge in [-0.1, -0.05) is 0 Å². The number of rotatable bonds is 4. The van der Waals surface area contributed by atoms with E-state index in [9.17, 15) is 4.79 Å². The number of carbonyl (C=O) groups is 1. The van der Waals surface area contributed by atoms with Crippen molar-refractivity contribution in [2.45, 2.75) is 19.0 Å². The van der Waals surface area contributed by atoms with Crippen LogP contribution in [0.1, 0.15) is 22.7 Å². The first-order chi connectivity index (χ1) is 10.3. The molecule has 2 fully saturated rings. The molecule has 0 spiro atoms. The highest BCUT2D eigenvalue weighted by atomic mass is 16.5. The molecule has 2 aliphatic rings. The Bertz CT molecular complexity index is 474. The standard InChI is InChI=1S/C15H23N3O3/c1-20-15(19)14-3-2-13(21-14)11-17-6-8-18(9-7-17)12-4-5-16-10-12/h2-3,12,16H,4-11H2,1H3. The molecule has 1 unspecified atom stereocenters. The molecule has 2 aliphatic heterocycles. The van der Waals surface area contributed by atoms with E-state index in [1.54, 1.807) is 6.07 Å². The van der Waals surface area contributed by atoms with E-state index in [0.29, 0.717) is 6.04 Å². The number of methoxy groups -OCH3 is 1. The van der Waals surface area contributed by atoms with Gasteiger partial charge >= 0.3 is 5.97 Å². The van der Waals surface area contributed by atoms with Crippen LogP contribution in [0.4, 0.5) is 0 Å². The summed E-state index contributed by atoms with van der Waals surface area (Å²) in [5, 5.41) is 3.43. The summed E-state index contributed by atoms with van der Waals surface area (Å²) in [7, 11) is 1.36. The summed E-state index contributed by atoms with van der Waals surface area (Å²) in [6, 6.07) is 4.25. The lowest BCUT2D eigenvalue weighted by Gasteiger charge is -2.37. The third kappa shape index (κ3) is 3.45. The van der Waals surface area contributed by atoms with Gasteiger partial charge in [0.2, 0.25) is 5.76 Å². The average Bonchev–Trinajstić information content (AvgIpc) is 3.18. The highest BCUT2D eigenvalue weighted by Gasteiger charge is 2.26. The van der Waals surface area contributed by atoms with Gasteiger partial charge < -0.3 is 14.5 Å². The zero-order valence-corrected chi connectivity index (χ0v) is 12.5. The molecule has 0 radical (unpaired) electrons. The van der Waals surface area contributed by atoms with Crippen LogP contribution in [0.25, 0.3) is 0 Å². The molecule has 6 heteroatoms. The molecule has 0 amide bonds. The van der Waals surface area contributed by atoms with Gasteiger partial charge in [0.15, 0.2) is 0 Å². The van der Waals surface area contributed by atoms with E-state index in [0.717, 1.165) is 51.6 Å². The maximum absolute atomic E-state index is 11.4.